The van der Waals surface area contributed by atoms with Gasteiger partial charge in [-0.15, -0.1) is 11.3 Å². The number of amides is 1. The van der Waals surface area contributed by atoms with Crippen molar-refractivity contribution in [2.24, 2.45) is 5.92 Å². The fraction of sp³-hybridized carbons (Fsp3) is 0.208. The number of hydrogen-bond donors (Lipinski definition) is 1. The van der Waals surface area contributed by atoms with Crippen molar-refractivity contribution in [3.8, 4) is 11.4 Å². The van der Waals surface area contributed by atoms with Crippen LogP contribution in [-0.4, -0.2) is 41.7 Å². The van der Waals surface area contributed by atoms with Gasteiger partial charge in [0.2, 0.25) is 15.9 Å². The molecule has 5 rings (SSSR count). The van der Waals surface area contributed by atoms with Gasteiger partial charge in [0.25, 0.3) is 0 Å². The Balaban J connectivity index is 1.22. The number of piperidine rings is 1. The summed E-state index contributed by atoms with van der Waals surface area (Å²) in [6, 6.07) is 18.5. The van der Waals surface area contributed by atoms with Crippen LogP contribution in [0.15, 0.2) is 77.1 Å². The molecule has 0 bridgehead atoms. The second-order valence-corrected chi connectivity index (χ2v) is 10.7. The summed E-state index contributed by atoms with van der Waals surface area (Å²) in [6.45, 7) is 0.620. The highest BCUT2D eigenvalue weighted by Gasteiger charge is 2.32. The molecule has 0 aliphatic carbocycles. The minimum atomic E-state index is -3.60. The number of benzene rings is 2. The second kappa shape index (κ2) is 9.01. The molecule has 0 atom stereocenters. The normalized spacial score (nSPS) is 15.5. The van der Waals surface area contributed by atoms with Crippen molar-refractivity contribution in [1.82, 2.24) is 14.3 Å². The van der Waals surface area contributed by atoms with Gasteiger partial charge < -0.3 is 5.32 Å². The van der Waals surface area contributed by atoms with Crippen LogP contribution in [-0.2, 0) is 14.8 Å². The molecular weight excluding hydrogens is 456 g/mol. The van der Waals surface area contributed by atoms with Crippen molar-refractivity contribution in [2.45, 2.75) is 17.7 Å². The predicted octanol–water partition coefficient (Wildman–Crippen LogP) is 4.40. The van der Waals surface area contributed by atoms with Gasteiger partial charge in [-0.2, -0.15) is 4.31 Å². The molecule has 0 saturated carbocycles. The third-order valence-electron chi connectivity index (χ3n) is 5.85. The maximum absolute atomic E-state index is 13.1. The first-order valence-electron chi connectivity index (χ1n) is 10.7. The van der Waals surface area contributed by atoms with Crippen molar-refractivity contribution in [1.29, 1.82) is 0 Å². The van der Waals surface area contributed by atoms with Gasteiger partial charge in [-0.25, -0.2) is 13.4 Å². The van der Waals surface area contributed by atoms with Crippen LogP contribution in [0.1, 0.15) is 12.8 Å². The zero-order valence-electron chi connectivity index (χ0n) is 17.7. The van der Waals surface area contributed by atoms with Gasteiger partial charge in [0.1, 0.15) is 5.69 Å². The van der Waals surface area contributed by atoms with E-state index in [1.807, 2.05) is 53.9 Å². The van der Waals surface area contributed by atoms with Gasteiger partial charge >= 0.3 is 0 Å². The first kappa shape index (κ1) is 21.7. The number of nitrogens with zero attached hydrogens (tertiary/aromatic N) is 3. The Morgan fingerprint density at radius 1 is 0.970 bits per heavy atom. The van der Waals surface area contributed by atoms with Crippen LogP contribution in [0.25, 0.3) is 22.2 Å². The quantitative estimate of drug-likeness (QED) is 0.459. The molecule has 2 aromatic heterocycles. The highest BCUT2D eigenvalue weighted by Crippen LogP contribution is 2.28. The molecule has 33 heavy (non-hydrogen) atoms. The standard InChI is InChI=1S/C24H22N4O3S2/c29-23(27-24-26-22(16-32-24)21-7-3-4-12-25-21)18-10-13-28(14-11-18)33(30,31)20-9-8-17-5-1-2-6-19(17)15-20/h1-9,12,15-16,18H,10-11,13-14H2,(H,26,27,29). The van der Waals surface area contributed by atoms with E-state index in [4.69, 9.17) is 0 Å². The molecule has 1 aliphatic heterocycles. The van der Waals surface area contributed by atoms with Gasteiger partial charge in [0, 0.05) is 30.6 Å². The van der Waals surface area contributed by atoms with E-state index in [1.54, 1.807) is 18.3 Å². The van der Waals surface area contributed by atoms with E-state index in [-0.39, 0.29) is 16.7 Å². The van der Waals surface area contributed by atoms with Gasteiger partial charge in [-0.1, -0.05) is 36.4 Å². The van der Waals surface area contributed by atoms with E-state index in [1.165, 1.54) is 15.6 Å². The molecule has 1 N–H and O–H groups in total. The van der Waals surface area contributed by atoms with Crippen LogP contribution in [0.3, 0.4) is 0 Å². The lowest BCUT2D eigenvalue weighted by molar-refractivity contribution is -0.120. The van der Waals surface area contributed by atoms with Crippen LogP contribution in [0.5, 0.6) is 0 Å². The molecule has 7 nitrogen and oxygen atoms in total. The molecule has 1 saturated heterocycles. The number of aromatic nitrogens is 2. The summed E-state index contributed by atoms with van der Waals surface area (Å²) >= 11 is 1.35. The summed E-state index contributed by atoms with van der Waals surface area (Å²) in [4.78, 5) is 21.8. The molecule has 0 unspecified atom stereocenters. The number of sulfonamides is 1. The average Bonchev–Trinajstić information content (AvgIpc) is 3.33. The smallest absolute Gasteiger partial charge is 0.243 e. The predicted molar refractivity (Wildman–Crippen MR) is 129 cm³/mol. The van der Waals surface area contributed by atoms with E-state index in [9.17, 15) is 13.2 Å². The lowest BCUT2D eigenvalue weighted by Gasteiger charge is -2.30. The lowest BCUT2D eigenvalue weighted by atomic mass is 9.97. The topological polar surface area (TPSA) is 92.3 Å². The largest absolute Gasteiger partial charge is 0.302 e. The first-order valence-corrected chi connectivity index (χ1v) is 13.0. The Labute approximate surface area is 196 Å². The zero-order valence-corrected chi connectivity index (χ0v) is 19.3. The molecule has 1 aliphatic rings. The average molecular weight is 479 g/mol. The number of nitrogens with one attached hydrogen (secondary N) is 1. The highest BCUT2D eigenvalue weighted by atomic mass is 32.2. The molecule has 9 heteroatoms. The summed E-state index contributed by atoms with van der Waals surface area (Å²) in [5, 5.41) is 7.15. The van der Waals surface area contributed by atoms with Gasteiger partial charge in [-0.3, -0.25) is 9.78 Å². The van der Waals surface area contributed by atoms with Crippen LogP contribution in [0, 0.1) is 5.92 Å². The molecule has 0 radical (unpaired) electrons. The minimum Gasteiger partial charge on any atom is -0.302 e. The minimum absolute atomic E-state index is 0.125. The van der Waals surface area contributed by atoms with E-state index in [0.29, 0.717) is 36.8 Å². The Kier molecular flexibility index (Phi) is 5.92. The number of carbonyl (C=O) groups is 1. The van der Waals surface area contributed by atoms with Crippen LogP contribution in [0.2, 0.25) is 0 Å². The number of thiazole rings is 1. The Hall–Kier alpha value is -3.14. The molecule has 1 fully saturated rings. The Morgan fingerprint density at radius 2 is 1.73 bits per heavy atom. The van der Waals surface area contributed by atoms with E-state index < -0.39 is 10.0 Å². The first-order chi connectivity index (χ1) is 16.0. The number of carbonyl (C=O) groups excluding carboxylic acids is 1. The highest BCUT2D eigenvalue weighted by molar-refractivity contribution is 7.89. The maximum atomic E-state index is 13.1. The number of fused-ring (bicyclic) bond motifs is 1. The summed E-state index contributed by atoms with van der Waals surface area (Å²) in [5.74, 6) is -0.380. The third-order valence-corrected chi connectivity index (χ3v) is 8.50. The van der Waals surface area contributed by atoms with Crippen molar-refractivity contribution < 1.29 is 13.2 Å². The molecular formula is C24H22N4O3S2. The number of rotatable bonds is 5. The SMILES string of the molecule is O=C(Nc1nc(-c2ccccn2)cs1)C1CCN(S(=O)(=O)c2ccc3ccccc3c2)CC1. The van der Waals surface area contributed by atoms with Gasteiger partial charge in [-0.05, 0) is 47.9 Å². The van der Waals surface area contributed by atoms with Gasteiger partial charge in [0.15, 0.2) is 5.13 Å². The number of anilines is 1. The summed E-state index contributed by atoms with van der Waals surface area (Å²) in [5.41, 5.74) is 1.47. The molecule has 2 aromatic carbocycles. The summed E-state index contributed by atoms with van der Waals surface area (Å²) in [6.07, 6.45) is 2.64. The molecule has 1 amide bonds. The van der Waals surface area contributed by atoms with Crippen molar-refractivity contribution in [2.75, 3.05) is 18.4 Å². The Bertz CT molecular complexity index is 1400. The lowest BCUT2D eigenvalue weighted by Crippen LogP contribution is -2.41. The van der Waals surface area contributed by atoms with Gasteiger partial charge in [0.05, 0.1) is 10.6 Å². The van der Waals surface area contributed by atoms with Crippen molar-refractivity contribution >= 4 is 43.2 Å². The molecule has 0 spiro atoms. The summed E-state index contributed by atoms with van der Waals surface area (Å²) < 4.78 is 27.8. The molecule has 4 aromatic rings. The fourth-order valence-electron chi connectivity index (χ4n) is 4.01. The monoisotopic (exact) mass is 478 g/mol. The van der Waals surface area contributed by atoms with Crippen LogP contribution >= 0.6 is 11.3 Å². The summed E-state index contributed by atoms with van der Waals surface area (Å²) in [7, 11) is -3.60. The maximum Gasteiger partial charge on any atom is 0.243 e. The fourth-order valence-corrected chi connectivity index (χ4v) is 6.22. The van der Waals surface area contributed by atoms with Crippen molar-refractivity contribution in [3.05, 3.63) is 72.2 Å². The Morgan fingerprint density at radius 3 is 2.48 bits per heavy atom. The third kappa shape index (κ3) is 4.52. The van der Waals surface area contributed by atoms with E-state index in [0.717, 1.165) is 16.5 Å². The van der Waals surface area contributed by atoms with E-state index in [2.05, 4.69) is 15.3 Å². The van der Waals surface area contributed by atoms with E-state index >= 15 is 0 Å². The van der Waals surface area contributed by atoms with Crippen LogP contribution < -0.4 is 5.32 Å². The molecule has 168 valence electrons. The molecule has 3 heterocycles. The van der Waals surface area contributed by atoms with Crippen LogP contribution in [0.4, 0.5) is 5.13 Å². The number of hydrogen-bond acceptors (Lipinski definition) is 6. The van der Waals surface area contributed by atoms with Crippen molar-refractivity contribution in [3.63, 3.8) is 0 Å². The number of pyridine rings is 1. The zero-order chi connectivity index (χ0) is 22.8. The second-order valence-electron chi connectivity index (χ2n) is 7.93.